The van der Waals surface area contributed by atoms with Crippen molar-refractivity contribution in [1.82, 2.24) is 4.90 Å². The zero-order valence-corrected chi connectivity index (χ0v) is 16.1. The average molecular weight is 382 g/mol. The van der Waals surface area contributed by atoms with Crippen molar-refractivity contribution in [1.29, 1.82) is 0 Å². The average Bonchev–Trinajstić information content (AvgIpc) is 2.58. The van der Waals surface area contributed by atoms with Crippen LogP contribution in [0.5, 0.6) is 0 Å². The number of nitrogens with zero attached hydrogens (tertiary/aromatic N) is 1. The van der Waals surface area contributed by atoms with Crippen molar-refractivity contribution >= 4 is 29.3 Å². The minimum absolute atomic E-state index is 0.0113. The van der Waals surface area contributed by atoms with Crippen molar-refractivity contribution < 1.29 is 14.6 Å². The Morgan fingerprint density at radius 2 is 2.28 bits per heavy atom. The van der Waals surface area contributed by atoms with E-state index < -0.39 is 10.9 Å². The van der Waals surface area contributed by atoms with Gasteiger partial charge in [-0.05, 0) is 37.7 Å². The van der Waals surface area contributed by atoms with Gasteiger partial charge in [0.1, 0.15) is 4.93 Å². The summed E-state index contributed by atoms with van der Waals surface area (Å²) >= 11 is 7.72. The fourth-order valence-electron chi connectivity index (χ4n) is 2.64. The van der Waals surface area contributed by atoms with Crippen molar-refractivity contribution in [3.63, 3.8) is 0 Å². The number of aliphatic carboxylic acids is 1. The lowest BCUT2D eigenvalue weighted by molar-refractivity contribution is -0.139. The third kappa shape index (κ3) is 6.19. The van der Waals surface area contributed by atoms with Gasteiger partial charge < -0.3 is 9.84 Å². The second-order valence-corrected chi connectivity index (χ2v) is 7.78. The number of carbonyl (C=O) groups is 1. The number of hydrogen-bond donors (Lipinski definition) is 1. The van der Waals surface area contributed by atoms with E-state index in [0.29, 0.717) is 18.2 Å². The number of carboxylic acid groups (broad SMARTS) is 1. The number of benzene rings is 1. The van der Waals surface area contributed by atoms with Gasteiger partial charge in [0.2, 0.25) is 0 Å². The lowest BCUT2D eigenvalue weighted by Gasteiger charge is -2.34. The van der Waals surface area contributed by atoms with Gasteiger partial charge in [-0.3, -0.25) is 9.69 Å². The van der Waals surface area contributed by atoms with Gasteiger partial charge in [0, 0.05) is 22.4 Å². The first-order valence-electron chi connectivity index (χ1n) is 8.33. The van der Waals surface area contributed by atoms with Crippen LogP contribution in [0, 0.1) is 0 Å². The molecule has 0 amide bonds. The number of likely N-dealkylation sites (N-methyl/N-ethyl adjacent to an activating group) is 1. The predicted octanol–water partition coefficient (Wildman–Crippen LogP) is 4.46. The molecule has 1 aliphatic carbocycles. The zero-order valence-electron chi connectivity index (χ0n) is 14.5. The Morgan fingerprint density at radius 3 is 2.88 bits per heavy atom. The quantitative estimate of drug-likeness (QED) is 0.640. The smallest absolute Gasteiger partial charge is 0.317 e. The van der Waals surface area contributed by atoms with Crippen molar-refractivity contribution in [2.45, 2.75) is 36.1 Å². The van der Waals surface area contributed by atoms with Gasteiger partial charge in [0.25, 0.3) is 0 Å². The van der Waals surface area contributed by atoms with Gasteiger partial charge in [0.15, 0.2) is 0 Å². The summed E-state index contributed by atoms with van der Waals surface area (Å²) in [6, 6.07) is 7.73. The maximum absolute atomic E-state index is 11.0. The zero-order chi connectivity index (χ0) is 18.3. The molecule has 1 aromatic carbocycles. The molecular formula is C19H24ClNO3S. The normalized spacial score (nSPS) is 20.8. The van der Waals surface area contributed by atoms with Crippen LogP contribution in [0.1, 0.15) is 20.3 Å². The maximum atomic E-state index is 11.0. The van der Waals surface area contributed by atoms with Gasteiger partial charge in [0.05, 0.1) is 13.2 Å². The van der Waals surface area contributed by atoms with E-state index in [-0.39, 0.29) is 12.6 Å². The number of rotatable bonds is 9. The van der Waals surface area contributed by atoms with Crippen LogP contribution in [0.4, 0.5) is 0 Å². The van der Waals surface area contributed by atoms with E-state index in [1.165, 1.54) is 0 Å². The molecule has 136 valence electrons. The molecule has 0 heterocycles. The van der Waals surface area contributed by atoms with E-state index in [4.69, 9.17) is 21.4 Å². The van der Waals surface area contributed by atoms with Crippen LogP contribution in [-0.2, 0) is 9.53 Å². The van der Waals surface area contributed by atoms with Crippen LogP contribution in [0.2, 0.25) is 5.02 Å². The second-order valence-electron chi connectivity index (χ2n) is 5.98. The highest BCUT2D eigenvalue weighted by atomic mass is 35.5. The van der Waals surface area contributed by atoms with Gasteiger partial charge in [-0.1, -0.05) is 54.6 Å². The van der Waals surface area contributed by atoms with Crippen molar-refractivity contribution in [3.8, 4) is 0 Å². The van der Waals surface area contributed by atoms with E-state index in [0.717, 1.165) is 11.3 Å². The Morgan fingerprint density at radius 1 is 1.48 bits per heavy atom. The Labute approximate surface area is 158 Å². The lowest BCUT2D eigenvalue weighted by Crippen LogP contribution is -2.42. The largest absolute Gasteiger partial charge is 0.480 e. The maximum Gasteiger partial charge on any atom is 0.317 e. The third-order valence-corrected chi connectivity index (χ3v) is 5.51. The predicted molar refractivity (Wildman–Crippen MR) is 103 cm³/mol. The number of hydrogen-bond acceptors (Lipinski definition) is 4. The SMILES string of the molecule is CCN(CC(=O)O)C(C)COC1(Sc2cccc(Cl)c2)C=CC=CC1. The number of ether oxygens (including phenoxy) is 1. The van der Waals surface area contributed by atoms with Crippen molar-refractivity contribution in [2.75, 3.05) is 19.7 Å². The van der Waals surface area contributed by atoms with Crippen molar-refractivity contribution in [3.05, 3.63) is 53.6 Å². The summed E-state index contributed by atoms with van der Waals surface area (Å²) in [5, 5.41) is 9.73. The summed E-state index contributed by atoms with van der Waals surface area (Å²) in [6.45, 7) is 5.09. The molecule has 2 atom stereocenters. The Balaban J connectivity index is 2.06. The Bertz CT molecular complexity index is 649. The highest BCUT2D eigenvalue weighted by Crippen LogP contribution is 2.40. The molecule has 1 aliphatic rings. The second kappa shape index (κ2) is 9.43. The van der Waals surface area contributed by atoms with Crippen LogP contribution in [0.3, 0.4) is 0 Å². The molecule has 6 heteroatoms. The molecule has 0 saturated heterocycles. The molecule has 1 N–H and O–H groups in total. The molecular weight excluding hydrogens is 358 g/mol. The van der Waals surface area contributed by atoms with Crippen LogP contribution < -0.4 is 0 Å². The summed E-state index contributed by atoms with van der Waals surface area (Å²) in [5.74, 6) is -0.822. The summed E-state index contributed by atoms with van der Waals surface area (Å²) in [6.07, 6.45) is 8.88. The third-order valence-electron chi connectivity index (χ3n) is 4.02. The summed E-state index contributed by atoms with van der Waals surface area (Å²) < 4.78 is 6.29. The van der Waals surface area contributed by atoms with E-state index in [1.807, 2.05) is 55.2 Å². The number of halogens is 1. The van der Waals surface area contributed by atoms with Crippen LogP contribution >= 0.6 is 23.4 Å². The van der Waals surface area contributed by atoms with E-state index >= 15 is 0 Å². The molecule has 0 saturated carbocycles. The van der Waals surface area contributed by atoms with Crippen LogP contribution in [0.25, 0.3) is 0 Å². The lowest BCUT2D eigenvalue weighted by atomic mass is 10.1. The number of carboxylic acids is 1. The summed E-state index contributed by atoms with van der Waals surface area (Å²) in [5.41, 5.74) is 0. The van der Waals surface area contributed by atoms with E-state index in [1.54, 1.807) is 11.8 Å². The van der Waals surface area contributed by atoms with E-state index in [2.05, 4.69) is 12.2 Å². The van der Waals surface area contributed by atoms with Gasteiger partial charge in [-0.25, -0.2) is 0 Å². The molecule has 2 rings (SSSR count). The first-order valence-corrected chi connectivity index (χ1v) is 9.52. The minimum atomic E-state index is -0.822. The Hall–Kier alpha value is -1.27. The van der Waals surface area contributed by atoms with Crippen molar-refractivity contribution in [2.24, 2.45) is 0 Å². The first kappa shape index (κ1) is 20.0. The molecule has 0 spiro atoms. The Kier molecular flexibility index (Phi) is 7.56. The van der Waals surface area contributed by atoms with Crippen LogP contribution in [-0.4, -0.2) is 46.6 Å². The molecule has 0 bridgehead atoms. The van der Waals surface area contributed by atoms with Gasteiger partial charge in [-0.2, -0.15) is 0 Å². The first-order chi connectivity index (χ1) is 11.9. The fraction of sp³-hybridized carbons (Fsp3) is 0.421. The molecule has 25 heavy (non-hydrogen) atoms. The highest BCUT2D eigenvalue weighted by Gasteiger charge is 2.31. The van der Waals surface area contributed by atoms with E-state index in [9.17, 15) is 4.79 Å². The number of thioether (sulfide) groups is 1. The topological polar surface area (TPSA) is 49.8 Å². The summed E-state index contributed by atoms with van der Waals surface area (Å²) in [7, 11) is 0. The standard InChI is InChI=1S/C19H24ClNO3S/c1-3-21(13-18(22)23)15(2)14-24-19(10-5-4-6-11-19)25-17-9-7-8-16(20)12-17/h4-10,12,15H,3,11,13-14H2,1-2H3,(H,22,23). The summed E-state index contributed by atoms with van der Waals surface area (Å²) in [4.78, 5) is 13.4. The minimum Gasteiger partial charge on any atom is -0.480 e. The van der Waals surface area contributed by atoms with Gasteiger partial charge in [-0.15, -0.1) is 0 Å². The molecule has 4 nitrogen and oxygen atoms in total. The molecule has 0 aliphatic heterocycles. The highest BCUT2D eigenvalue weighted by molar-refractivity contribution is 8.00. The molecule has 0 fully saturated rings. The molecule has 2 unspecified atom stereocenters. The number of allylic oxidation sites excluding steroid dienone is 2. The van der Waals surface area contributed by atoms with Crippen LogP contribution in [0.15, 0.2) is 53.5 Å². The molecule has 0 aromatic heterocycles. The fourth-order valence-corrected chi connectivity index (χ4v) is 4.08. The molecule has 1 aromatic rings. The monoisotopic (exact) mass is 381 g/mol. The molecule has 0 radical (unpaired) electrons. The van der Waals surface area contributed by atoms with Gasteiger partial charge >= 0.3 is 5.97 Å².